The molecule has 2 aromatic rings. The summed E-state index contributed by atoms with van der Waals surface area (Å²) in [5.74, 6) is 0.00452. The standard InChI is InChI=1S/C21H24FN3O/c22-19-7-3-4-16(12-19)15-24-8-10-25(11-9-24)21(26)20-13-17-5-1-2-6-18(17)14-23-20/h1-7,12,20,23H,8-11,13-15H2/t20-/m1/s1. The van der Waals surface area contributed by atoms with Crippen molar-refractivity contribution in [2.24, 2.45) is 0 Å². The smallest absolute Gasteiger partial charge is 0.240 e. The minimum Gasteiger partial charge on any atom is -0.339 e. The molecule has 0 radical (unpaired) electrons. The summed E-state index contributed by atoms with van der Waals surface area (Å²) < 4.78 is 13.3. The molecular weight excluding hydrogens is 329 g/mol. The number of hydrogen-bond donors (Lipinski definition) is 1. The van der Waals surface area contributed by atoms with Gasteiger partial charge in [0.15, 0.2) is 0 Å². The number of halogens is 1. The van der Waals surface area contributed by atoms with E-state index in [2.05, 4.69) is 22.3 Å². The van der Waals surface area contributed by atoms with Gasteiger partial charge in [-0.1, -0.05) is 36.4 Å². The van der Waals surface area contributed by atoms with Gasteiger partial charge in [-0.25, -0.2) is 4.39 Å². The number of hydrogen-bond acceptors (Lipinski definition) is 3. The van der Waals surface area contributed by atoms with Crippen molar-refractivity contribution in [1.29, 1.82) is 0 Å². The minimum absolute atomic E-state index is 0.125. The number of carbonyl (C=O) groups is 1. The second kappa shape index (κ2) is 7.56. The Kier molecular flexibility index (Phi) is 5.00. The summed E-state index contributed by atoms with van der Waals surface area (Å²) in [5, 5.41) is 3.38. The lowest BCUT2D eigenvalue weighted by molar-refractivity contribution is -0.135. The second-order valence-corrected chi connectivity index (χ2v) is 7.14. The van der Waals surface area contributed by atoms with E-state index in [1.807, 2.05) is 23.1 Å². The van der Waals surface area contributed by atoms with Crippen molar-refractivity contribution >= 4 is 5.91 Å². The molecular formula is C21H24FN3O. The van der Waals surface area contributed by atoms with Crippen LogP contribution in [-0.2, 0) is 24.3 Å². The third-order valence-corrected chi connectivity index (χ3v) is 5.36. The molecule has 1 atom stereocenters. The van der Waals surface area contributed by atoms with Crippen LogP contribution in [0.3, 0.4) is 0 Å². The number of nitrogens with one attached hydrogen (secondary N) is 1. The van der Waals surface area contributed by atoms with Crippen molar-refractivity contribution in [2.45, 2.75) is 25.6 Å². The van der Waals surface area contributed by atoms with Crippen molar-refractivity contribution in [1.82, 2.24) is 15.1 Å². The minimum atomic E-state index is -0.194. The summed E-state index contributed by atoms with van der Waals surface area (Å²) in [5.41, 5.74) is 3.54. The van der Waals surface area contributed by atoms with E-state index in [1.165, 1.54) is 17.2 Å². The van der Waals surface area contributed by atoms with Crippen LogP contribution in [0, 0.1) is 5.82 Å². The van der Waals surface area contributed by atoms with Crippen LogP contribution < -0.4 is 5.32 Å². The first kappa shape index (κ1) is 17.2. The Hall–Kier alpha value is -2.24. The fourth-order valence-electron chi connectivity index (χ4n) is 3.87. The molecule has 0 aliphatic carbocycles. The number of nitrogens with zero attached hydrogens (tertiary/aromatic N) is 2. The van der Waals surface area contributed by atoms with Gasteiger partial charge >= 0.3 is 0 Å². The van der Waals surface area contributed by atoms with Crippen LogP contribution in [0.25, 0.3) is 0 Å². The maximum absolute atomic E-state index is 13.3. The molecule has 4 rings (SSSR count). The fourth-order valence-corrected chi connectivity index (χ4v) is 3.87. The molecule has 5 heteroatoms. The van der Waals surface area contributed by atoms with Crippen LogP contribution in [-0.4, -0.2) is 47.9 Å². The monoisotopic (exact) mass is 353 g/mol. The molecule has 0 saturated carbocycles. The van der Waals surface area contributed by atoms with E-state index in [0.717, 1.165) is 51.3 Å². The van der Waals surface area contributed by atoms with E-state index in [9.17, 15) is 9.18 Å². The van der Waals surface area contributed by atoms with E-state index in [1.54, 1.807) is 12.1 Å². The van der Waals surface area contributed by atoms with Gasteiger partial charge in [0.1, 0.15) is 5.82 Å². The molecule has 1 saturated heterocycles. The van der Waals surface area contributed by atoms with E-state index < -0.39 is 0 Å². The van der Waals surface area contributed by atoms with Crippen LogP contribution in [0.2, 0.25) is 0 Å². The highest BCUT2D eigenvalue weighted by molar-refractivity contribution is 5.82. The summed E-state index contributed by atoms with van der Waals surface area (Å²) >= 11 is 0. The SMILES string of the molecule is O=C([C@H]1Cc2ccccc2CN1)N1CCN(Cc2cccc(F)c2)CC1. The summed E-state index contributed by atoms with van der Waals surface area (Å²) in [6.45, 7) is 4.60. The second-order valence-electron chi connectivity index (χ2n) is 7.14. The molecule has 2 heterocycles. The van der Waals surface area contributed by atoms with Gasteiger partial charge in [-0.3, -0.25) is 9.69 Å². The van der Waals surface area contributed by atoms with E-state index in [0.29, 0.717) is 0 Å². The van der Waals surface area contributed by atoms with Crippen LogP contribution in [0.15, 0.2) is 48.5 Å². The third-order valence-electron chi connectivity index (χ3n) is 5.36. The summed E-state index contributed by atoms with van der Waals surface area (Å²) in [4.78, 5) is 17.1. The topological polar surface area (TPSA) is 35.6 Å². The summed E-state index contributed by atoms with van der Waals surface area (Å²) in [6.07, 6.45) is 0.762. The zero-order valence-electron chi connectivity index (χ0n) is 14.8. The van der Waals surface area contributed by atoms with Gasteiger partial charge < -0.3 is 10.2 Å². The van der Waals surface area contributed by atoms with Gasteiger partial charge in [0.2, 0.25) is 5.91 Å². The maximum atomic E-state index is 13.3. The third kappa shape index (κ3) is 3.79. The average Bonchev–Trinajstić information content (AvgIpc) is 2.68. The number of amides is 1. The highest BCUT2D eigenvalue weighted by Crippen LogP contribution is 2.18. The maximum Gasteiger partial charge on any atom is 0.240 e. The van der Waals surface area contributed by atoms with E-state index in [-0.39, 0.29) is 17.8 Å². The van der Waals surface area contributed by atoms with E-state index >= 15 is 0 Å². The van der Waals surface area contributed by atoms with Crippen LogP contribution >= 0.6 is 0 Å². The first-order chi connectivity index (χ1) is 12.7. The first-order valence-corrected chi connectivity index (χ1v) is 9.25. The quantitative estimate of drug-likeness (QED) is 0.919. The largest absolute Gasteiger partial charge is 0.339 e. The number of fused-ring (bicyclic) bond motifs is 1. The predicted octanol–water partition coefficient (Wildman–Crippen LogP) is 2.18. The van der Waals surface area contributed by atoms with Crippen molar-refractivity contribution < 1.29 is 9.18 Å². The Morgan fingerprint density at radius 1 is 1.04 bits per heavy atom. The van der Waals surface area contributed by atoms with Gasteiger partial charge in [0, 0.05) is 39.3 Å². The highest BCUT2D eigenvalue weighted by Gasteiger charge is 2.29. The highest BCUT2D eigenvalue weighted by atomic mass is 19.1. The first-order valence-electron chi connectivity index (χ1n) is 9.25. The van der Waals surface area contributed by atoms with Gasteiger partial charge in [-0.15, -0.1) is 0 Å². The van der Waals surface area contributed by atoms with Gasteiger partial charge in [-0.2, -0.15) is 0 Å². The lowest BCUT2D eigenvalue weighted by Gasteiger charge is -2.37. The molecule has 0 unspecified atom stereocenters. The number of piperazine rings is 1. The summed E-state index contributed by atoms with van der Waals surface area (Å²) in [7, 11) is 0. The molecule has 1 N–H and O–H groups in total. The molecule has 0 bridgehead atoms. The zero-order valence-corrected chi connectivity index (χ0v) is 14.8. The van der Waals surface area contributed by atoms with Crippen LogP contribution in [0.1, 0.15) is 16.7 Å². The Labute approximate surface area is 153 Å². The van der Waals surface area contributed by atoms with Crippen molar-refractivity contribution in [3.8, 4) is 0 Å². The van der Waals surface area contributed by atoms with Gasteiger partial charge in [0.05, 0.1) is 6.04 Å². The fraction of sp³-hybridized carbons (Fsp3) is 0.381. The number of carbonyl (C=O) groups excluding carboxylic acids is 1. The molecule has 4 nitrogen and oxygen atoms in total. The zero-order chi connectivity index (χ0) is 17.9. The molecule has 136 valence electrons. The van der Waals surface area contributed by atoms with Gasteiger partial charge in [-0.05, 0) is 35.2 Å². The molecule has 2 aliphatic heterocycles. The molecule has 2 aromatic carbocycles. The summed E-state index contributed by atoms with van der Waals surface area (Å²) in [6, 6.07) is 14.9. The Balaban J connectivity index is 1.31. The number of rotatable bonds is 3. The van der Waals surface area contributed by atoms with Gasteiger partial charge in [0.25, 0.3) is 0 Å². The Morgan fingerprint density at radius 2 is 1.81 bits per heavy atom. The van der Waals surface area contributed by atoms with E-state index in [4.69, 9.17) is 0 Å². The molecule has 1 amide bonds. The average molecular weight is 353 g/mol. The van der Waals surface area contributed by atoms with Crippen LogP contribution in [0.4, 0.5) is 4.39 Å². The molecule has 0 aromatic heterocycles. The Bertz CT molecular complexity index is 786. The lowest BCUT2D eigenvalue weighted by Crippen LogP contribution is -2.55. The lowest BCUT2D eigenvalue weighted by atomic mass is 9.95. The van der Waals surface area contributed by atoms with Crippen molar-refractivity contribution in [3.63, 3.8) is 0 Å². The number of benzene rings is 2. The van der Waals surface area contributed by atoms with Crippen molar-refractivity contribution in [2.75, 3.05) is 26.2 Å². The Morgan fingerprint density at radius 3 is 2.58 bits per heavy atom. The predicted molar refractivity (Wildman–Crippen MR) is 99.0 cm³/mol. The molecule has 26 heavy (non-hydrogen) atoms. The molecule has 0 spiro atoms. The normalized spacial score (nSPS) is 20.7. The van der Waals surface area contributed by atoms with Crippen molar-refractivity contribution in [3.05, 3.63) is 71.0 Å². The molecule has 2 aliphatic rings. The molecule has 1 fully saturated rings. The van der Waals surface area contributed by atoms with Crippen LogP contribution in [0.5, 0.6) is 0 Å².